The summed E-state index contributed by atoms with van der Waals surface area (Å²) in [5.41, 5.74) is 1.29. The van der Waals surface area contributed by atoms with Gasteiger partial charge in [0.1, 0.15) is 11.6 Å². The van der Waals surface area contributed by atoms with Gasteiger partial charge in [0.05, 0.1) is 15.6 Å². The van der Waals surface area contributed by atoms with Crippen molar-refractivity contribution in [2.75, 3.05) is 4.72 Å². The predicted molar refractivity (Wildman–Crippen MR) is 121 cm³/mol. The molecule has 3 rings (SSSR count). The molecule has 0 aliphatic rings. The summed E-state index contributed by atoms with van der Waals surface area (Å²) in [6.07, 6.45) is 1.58. The van der Waals surface area contributed by atoms with Crippen LogP contribution in [-0.2, 0) is 28.9 Å². The summed E-state index contributed by atoms with van der Waals surface area (Å²) in [5, 5.41) is 8.20. The van der Waals surface area contributed by atoms with E-state index in [1.54, 1.807) is 23.7 Å². The number of aromatic nitrogens is 3. The van der Waals surface area contributed by atoms with Gasteiger partial charge in [-0.15, -0.1) is 10.2 Å². The Labute approximate surface area is 187 Å². The predicted octanol–water partition coefficient (Wildman–Crippen LogP) is 5.33. The molecule has 166 valence electrons. The fourth-order valence-corrected chi connectivity index (χ4v) is 4.43. The molecular weight excluding hydrogens is 439 g/mol. The summed E-state index contributed by atoms with van der Waals surface area (Å²) in [6, 6.07) is 9.05. The van der Waals surface area contributed by atoms with Crippen molar-refractivity contribution < 1.29 is 12.8 Å². The maximum atomic E-state index is 14.3. The number of hydrogen-bond acceptors (Lipinski definition) is 4. The average molecular weight is 465 g/mol. The van der Waals surface area contributed by atoms with Gasteiger partial charge in [-0.25, -0.2) is 12.8 Å². The van der Waals surface area contributed by atoms with Crippen LogP contribution >= 0.6 is 11.6 Å². The molecule has 0 unspecified atom stereocenters. The minimum absolute atomic E-state index is 0.0420. The second-order valence-corrected chi connectivity index (χ2v) is 10.5. The lowest BCUT2D eigenvalue weighted by molar-refractivity contribution is 0.587. The van der Waals surface area contributed by atoms with Gasteiger partial charge in [0.25, 0.3) is 10.0 Å². The lowest BCUT2D eigenvalue weighted by Crippen LogP contribution is -2.16. The molecule has 0 spiro atoms. The number of hydrogen-bond donors (Lipinski definition) is 1. The third-order valence-electron chi connectivity index (χ3n) is 5.01. The smallest absolute Gasteiger partial charge is 0.261 e. The molecule has 0 aliphatic heterocycles. The third-order valence-corrected chi connectivity index (χ3v) is 6.69. The first-order valence-corrected chi connectivity index (χ1v) is 11.8. The van der Waals surface area contributed by atoms with E-state index in [1.807, 2.05) is 27.7 Å². The van der Waals surface area contributed by atoms with E-state index in [0.717, 1.165) is 23.9 Å². The van der Waals surface area contributed by atoms with Crippen LogP contribution in [0.2, 0.25) is 5.02 Å². The molecule has 0 radical (unpaired) electrons. The van der Waals surface area contributed by atoms with E-state index < -0.39 is 15.8 Å². The molecule has 0 aliphatic carbocycles. The fraction of sp³-hybridized carbons (Fsp3) is 0.364. The van der Waals surface area contributed by atoms with Gasteiger partial charge in [0.15, 0.2) is 5.82 Å². The van der Waals surface area contributed by atoms with E-state index in [-0.39, 0.29) is 21.0 Å². The van der Waals surface area contributed by atoms with Gasteiger partial charge in [0.2, 0.25) is 0 Å². The SMILES string of the molecule is CCCc1nnc(-c2cc(Cl)c(F)cc2NS(=O)(=O)c2ccc(C(C)(C)C)cc2)n1C. The summed E-state index contributed by atoms with van der Waals surface area (Å²) in [5.74, 6) is 0.401. The van der Waals surface area contributed by atoms with Crippen molar-refractivity contribution in [2.24, 2.45) is 7.05 Å². The Hall–Kier alpha value is -2.45. The first-order valence-electron chi connectivity index (χ1n) is 9.95. The monoisotopic (exact) mass is 464 g/mol. The van der Waals surface area contributed by atoms with E-state index in [1.165, 1.54) is 18.2 Å². The molecule has 9 heteroatoms. The van der Waals surface area contributed by atoms with Gasteiger partial charge < -0.3 is 4.57 Å². The Morgan fingerprint density at radius 3 is 2.35 bits per heavy atom. The largest absolute Gasteiger partial charge is 0.314 e. The highest BCUT2D eigenvalue weighted by molar-refractivity contribution is 7.92. The third kappa shape index (κ3) is 4.91. The molecule has 1 N–H and O–H groups in total. The Morgan fingerprint density at radius 1 is 1.13 bits per heavy atom. The molecule has 3 aromatic rings. The zero-order valence-electron chi connectivity index (χ0n) is 18.2. The van der Waals surface area contributed by atoms with Gasteiger partial charge in [-0.05, 0) is 35.6 Å². The number of halogens is 2. The molecule has 0 atom stereocenters. The zero-order valence-corrected chi connectivity index (χ0v) is 19.8. The van der Waals surface area contributed by atoms with E-state index in [2.05, 4.69) is 14.9 Å². The van der Waals surface area contributed by atoms with E-state index in [9.17, 15) is 12.8 Å². The Morgan fingerprint density at radius 2 is 1.77 bits per heavy atom. The van der Waals surface area contributed by atoms with E-state index >= 15 is 0 Å². The van der Waals surface area contributed by atoms with Gasteiger partial charge in [-0.3, -0.25) is 4.72 Å². The zero-order chi connectivity index (χ0) is 23.0. The maximum absolute atomic E-state index is 14.3. The van der Waals surface area contributed by atoms with Crippen molar-refractivity contribution in [1.29, 1.82) is 0 Å². The van der Waals surface area contributed by atoms with Crippen LogP contribution in [0.5, 0.6) is 0 Å². The summed E-state index contributed by atoms with van der Waals surface area (Å²) in [4.78, 5) is 0.0754. The van der Waals surface area contributed by atoms with Crippen LogP contribution in [0.25, 0.3) is 11.4 Å². The standard InChI is InChI=1S/C22H26ClFN4O2S/c1-6-7-20-25-26-21(28(20)5)16-12-17(23)18(24)13-19(16)27-31(29,30)15-10-8-14(9-11-15)22(2,3)4/h8-13,27H,6-7H2,1-5H3. The topological polar surface area (TPSA) is 76.9 Å². The summed E-state index contributed by atoms with van der Waals surface area (Å²) >= 11 is 5.99. The first-order chi connectivity index (χ1) is 14.4. The minimum Gasteiger partial charge on any atom is -0.314 e. The lowest BCUT2D eigenvalue weighted by atomic mass is 9.87. The summed E-state index contributed by atoms with van der Waals surface area (Å²) in [6.45, 7) is 8.16. The Bertz CT molecular complexity index is 1200. The molecule has 0 amide bonds. The Kier molecular flexibility index (Phi) is 6.43. The molecule has 31 heavy (non-hydrogen) atoms. The van der Waals surface area contributed by atoms with Crippen LogP contribution in [0.15, 0.2) is 41.3 Å². The molecule has 0 saturated heterocycles. The van der Waals surface area contributed by atoms with Crippen molar-refractivity contribution in [3.63, 3.8) is 0 Å². The highest BCUT2D eigenvalue weighted by atomic mass is 35.5. The summed E-state index contributed by atoms with van der Waals surface area (Å²) < 4.78 is 44.5. The van der Waals surface area contributed by atoms with Crippen molar-refractivity contribution in [3.8, 4) is 11.4 Å². The van der Waals surface area contributed by atoms with Crippen LogP contribution in [0.1, 0.15) is 45.5 Å². The van der Waals surface area contributed by atoms with Crippen molar-refractivity contribution in [1.82, 2.24) is 14.8 Å². The van der Waals surface area contributed by atoms with Crippen LogP contribution in [0.4, 0.5) is 10.1 Å². The van der Waals surface area contributed by atoms with Crippen LogP contribution in [0, 0.1) is 5.82 Å². The molecule has 6 nitrogen and oxygen atoms in total. The minimum atomic E-state index is -3.97. The van der Waals surface area contributed by atoms with Crippen molar-refractivity contribution in [2.45, 2.75) is 50.8 Å². The van der Waals surface area contributed by atoms with Crippen molar-refractivity contribution >= 4 is 27.3 Å². The first kappa shape index (κ1) is 23.2. The van der Waals surface area contributed by atoms with E-state index in [4.69, 9.17) is 11.6 Å². The van der Waals surface area contributed by atoms with Gasteiger partial charge >= 0.3 is 0 Å². The highest BCUT2D eigenvalue weighted by Crippen LogP contribution is 2.34. The molecule has 0 saturated carbocycles. The number of rotatable bonds is 6. The number of nitrogens with one attached hydrogen (secondary N) is 1. The molecular formula is C22H26ClFN4O2S. The summed E-state index contributed by atoms with van der Waals surface area (Å²) in [7, 11) is -2.19. The van der Waals surface area contributed by atoms with Crippen LogP contribution in [0.3, 0.4) is 0 Å². The number of aryl methyl sites for hydroxylation is 1. The average Bonchev–Trinajstić information content (AvgIpc) is 3.04. The maximum Gasteiger partial charge on any atom is 0.261 e. The second-order valence-electron chi connectivity index (χ2n) is 8.44. The van der Waals surface area contributed by atoms with Crippen LogP contribution in [-0.4, -0.2) is 23.2 Å². The Balaban J connectivity index is 2.04. The molecule has 0 bridgehead atoms. The second kappa shape index (κ2) is 8.59. The van der Waals surface area contributed by atoms with Crippen molar-refractivity contribution in [3.05, 3.63) is 58.6 Å². The lowest BCUT2D eigenvalue weighted by Gasteiger charge is -2.19. The van der Waals surface area contributed by atoms with E-state index in [0.29, 0.717) is 17.8 Å². The van der Waals surface area contributed by atoms with Gasteiger partial charge in [-0.2, -0.15) is 0 Å². The van der Waals surface area contributed by atoms with Gasteiger partial charge in [-0.1, -0.05) is 51.4 Å². The highest BCUT2D eigenvalue weighted by Gasteiger charge is 2.22. The molecule has 1 aromatic heterocycles. The number of anilines is 1. The molecule has 2 aromatic carbocycles. The molecule has 0 fully saturated rings. The van der Waals surface area contributed by atoms with Gasteiger partial charge in [0, 0.05) is 25.1 Å². The van der Waals surface area contributed by atoms with Crippen LogP contribution < -0.4 is 4.72 Å². The molecule has 1 heterocycles. The number of nitrogens with zero attached hydrogens (tertiary/aromatic N) is 3. The normalized spacial score (nSPS) is 12.2. The number of sulfonamides is 1. The number of benzene rings is 2. The quantitative estimate of drug-likeness (QED) is 0.535. The fourth-order valence-electron chi connectivity index (χ4n) is 3.19.